The summed E-state index contributed by atoms with van der Waals surface area (Å²) in [7, 11) is -0.0146. The van der Waals surface area contributed by atoms with Crippen molar-refractivity contribution >= 4 is 22.8 Å². The van der Waals surface area contributed by atoms with Gasteiger partial charge in [-0.3, -0.25) is 4.79 Å². The standard InChI is InChI=1S/C18H15S.C11H18F2O4/c1-4-10-16(11-5-1)19(17-12-6-2-7-13-17)18-14-8-3-9-15-18;1-5-10(2,3)9(15)16-6-8(14)17-7-11(4,12)13/h1-15H;5-7H2,1-4H3/q+1;. The van der Waals surface area contributed by atoms with Crippen LogP contribution in [0.1, 0.15) is 34.1 Å². The number of esters is 2. The van der Waals surface area contributed by atoms with Gasteiger partial charge in [0.15, 0.2) is 27.9 Å². The third-order valence-electron chi connectivity index (χ3n) is 5.18. The number of alkyl halides is 2. The Balaban J connectivity index is 0.000000256. The van der Waals surface area contributed by atoms with Crippen molar-refractivity contribution in [1.29, 1.82) is 0 Å². The second kappa shape index (κ2) is 13.8. The van der Waals surface area contributed by atoms with Crippen molar-refractivity contribution < 1.29 is 27.8 Å². The quantitative estimate of drug-likeness (QED) is 0.229. The smallest absolute Gasteiger partial charge is 0.344 e. The molecule has 0 saturated carbocycles. The minimum Gasteiger partial charge on any atom is -0.457 e. The zero-order valence-electron chi connectivity index (χ0n) is 21.1. The van der Waals surface area contributed by atoms with Crippen molar-refractivity contribution in [2.75, 3.05) is 13.2 Å². The van der Waals surface area contributed by atoms with E-state index in [0.717, 1.165) is 0 Å². The molecule has 0 N–H and O–H groups in total. The van der Waals surface area contributed by atoms with E-state index in [1.54, 1.807) is 20.8 Å². The van der Waals surface area contributed by atoms with Crippen LogP contribution in [-0.4, -0.2) is 31.1 Å². The van der Waals surface area contributed by atoms with E-state index in [1.165, 1.54) is 14.7 Å². The molecule has 0 bridgehead atoms. The summed E-state index contributed by atoms with van der Waals surface area (Å²) < 4.78 is 33.6. The highest BCUT2D eigenvalue weighted by Crippen LogP contribution is 2.30. The van der Waals surface area contributed by atoms with Crippen LogP contribution < -0.4 is 0 Å². The van der Waals surface area contributed by atoms with Gasteiger partial charge < -0.3 is 9.47 Å². The number of hydrogen-bond acceptors (Lipinski definition) is 4. The topological polar surface area (TPSA) is 52.6 Å². The van der Waals surface area contributed by atoms with Crippen molar-refractivity contribution in [1.82, 2.24) is 0 Å². The van der Waals surface area contributed by atoms with Crippen molar-refractivity contribution in [2.45, 2.75) is 54.7 Å². The maximum absolute atomic E-state index is 12.3. The highest BCUT2D eigenvalue weighted by Gasteiger charge is 2.29. The van der Waals surface area contributed by atoms with Gasteiger partial charge in [0.2, 0.25) is 0 Å². The van der Waals surface area contributed by atoms with Gasteiger partial charge >= 0.3 is 11.9 Å². The molecule has 7 heteroatoms. The van der Waals surface area contributed by atoms with Crippen LogP contribution in [0.15, 0.2) is 106 Å². The molecular formula is C29H33F2O4S+. The SMILES string of the molecule is CCC(C)(C)C(=O)OCC(=O)OCC(C)(F)F.c1ccc([S+](c2ccccc2)c2ccccc2)cc1. The van der Waals surface area contributed by atoms with Gasteiger partial charge in [0.05, 0.1) is 16.3 Å². The molecule has 0 heterocycles. The Hall–Kier alpha value is -3.19. The van der Waals surface area contributed by atoms with Crippen LogP contribution in [0.5, 0.6) is 0 Å². The molecule has 4 nitrogen and oxygen atoms in total. The third-order valence-corrected chi connectivity index (χ3v) is 7.41. The van der Waals surface area contributed by atoms with Crippen LogP contribution in [0.25, 0.3) is 0 Å². The Morgan fingerprint density at radius 3 is 1.44 bits per heavy atom. The Kier molecular flexibility index (Phi) is 11.1. The van der Waals surface area contributed by atoms with Crippen LogP contribution >= 0.6 is 0 Å². The molecular weight excluding hydrogens is 482 g/mol. The Morgan fingerprint density at radius 1 is 0.722 bits per heavy atom. The number of hydrogen-bond donors (Lipinski definition) is 0. The second-order valence-corrected chi connectivity index (χ2v) is 10.8. The van der Waals surface area contributed by atoms with Crippen LogP contribution in [0, 0.1) is 5.41 Å². The average molecular weight is 516 g/mol. The van der Waals surface area contributed by atoms with Crippen molar-refractivity contribution in [3.63, 3.8) is 0 Å². The molecule has 0 radical (unpaired) electrons. The second-order valence-electron chi connectivity index (χ2n) is 8.79. The molecule has 192 valence electrons. The fourth-order valence-electron chi connectivity index (χ4n) is 2.79. The van der Waals surface area contributed by atoms with Crippen molar-refractivity contribution in [3.05, 3.63) is 91.0 Å². The number of carbonyl (C=O) groups excluding carboxylic acids is 2. The molecule has 0 aliphatic rings. The Morgan fingerprint density at radius 2 is 1.11 bits per heavy atom. The van der Waals surface area contributed by atoms with Crippen molar-refractivity contribution in [3.8, 4) is 0 Å². The van der Waals surface area contributed by atoms with Crippen LogP contribution in [0.4, 0.5) is 8.78 Å². The summed E-state index contributed by atoms with van der Waals surface area (Å²) in [5.41, 5.74) is -0.699. The molecule has 0 amide bonds. The van der Waals surface area contributed by atoms with Gasteiger partial charge in [-0.15, -0.1) is 0 Å². The van der Waals surface area contributed by atoms with Crippen molar-refractivity contribution in [2.24, 2.45) is 5.41 Å². The van der Waals surface area contributed by atoms with Crippen LogP contribution in [-0.2, 0) is 30.0 Å². The van der Waals surface area contributed by atoms with E-state index in [4.69, 9.17) is 0 Å². The first-order chi connectivity index (χ1) is 17.0. The largest absolute Gasteiger partial charge is 0.457 e. The van der Waals surface area contributed by atoms with E-state index < -0.39 is 36.5 Å². The number of benzene rings is 3. The highest BCUT2D eigenvalue weighted by atomic mass is 32.2. The summed E-state index contributed by atoms with van der Waals surface area (Å²) in [5.74, 6) is -4.62. The summed E-state index contributed by atoms with van der Waals surface area (Å²) in [4.78, 5) is 26.5. The predicted octanol–water partition coefficient (Wildman–Crippen LogP) is 6.95. The van der Waals surface area contributed by atoms with Gasteiger partial charge in [0, 0.05) is 6.92 Å². The highest BCUT2D eigenvalue weighted by molar-refractivity contribution is 7.97. The number of rotatable bonds is 9. The van der Waals surface area contributed by atoms with Gasteiger partial charge in [0.1, 0.15) is 0 Å². The molecule has 0 atom stereocenters. The van der Waals surface area contributed by atoms with E-state index in [2.05, 4.69) is 100 Å². The van der Waals surface area contributed by atoms with Gasteiger partial charge in [-0.25, -0.2) is 13.6 Å². The molecule has 3 aromatic rings. The molecule has 0 unspecified atom stereocenters. The Labute approximate surface area is 215 Å². The van der Waals surface area contributed by atoms with Gasteiger partial charge in [-0.05, 0) is 56.7 Å². The molecule has 0 saturated heterocycles. The lowest BCUT2D eigenvalue weighted by atomic mass is 9.91. The first-order valence-corrected chi connectivity index (χ1v) is 12.9. The number of carbonyl (C=O) groups is 2. The lowest BCUT2D eigenvalue weighted by Gasteiger charge is -2.20. The molecule has 0 aliphatic carbocycles. The van der Waals surface area contributed by atoms with E-state index in [1.807, 2.05) is 0 Å². The maximum Gasteiger partial charge on any atom is 0.344 e. The molecule has 3 aromatic carbocycles. The summed E-state index contributed by atoms with van der Waals surface area (Å²) in [5, 5.41) is 0. The van der Waals surface area contributed by atoms with Gasteiger partial charge in [0.25, 0.3) is 5.92 Å². The first-order valence-electron chi connectivity index (χ1n) is 11.6. The maximum atomic E-state index is 12.3. The van der Waals surface area contributed by atoms with Crippen LogP contribution in [0.3, 0.4) is 0 Å². The molecule has 0 aromatic heterocycles. The first kappa shape index (κ1) is 29.0. The van der Waals surface area contributed by atoms with Gasteiger partial charge in [-0.1, -0.05) is 61.5 Å². The normalized spacial score (nSPS) is 11.3. The fraction of sp³-hybridized carbons (Fsp3) is 0.310. The van der Waals surface area contributed by atoms with Crippen LogP contribution in [0.2, 0.25) is 0 Å². The van der Waals surface area contributed by atoms with E-state index in [-0.39, 0.29) is 10.9 Å². The fourth-order valence-corrected chi connectivity index (χ4v) is 4.90. The van der Waals surface area contributed by atoms with E-state index in [0.29, 0.717) is 13.3 Å². The summed E-state index contributed by atoms with van der Waals surface area (Å²) in [6.07, 6.45) is 0.550. The molecule has 36 heavy (non-hydrogen) atoms. The average Bonchev–Trinajstić information content (AvgIpc) is 2.88. The lowest BCUT2D eigenvalue weighted by molar-refractivity contribution is -0.169. The summed E-state index contributed by atoms with van der Waals surface area (Å²) in [6.45, 7) is 4.12. The lowest BCUT2D eigenvalue weighted by Crippen LogP contribution is -2.29. The summed E-state index contributed by atoms with van der Waals surface area (Å²) >= 11 is 0. The minimum absolute atomic E-state index is 0.0146. The minimum atomic E-state index is -3.08. The van der Waals surface area contributed by atoms with Gasteiger partial charge in [-0.2, -0.15) is 0 Å². The molecule has 0 aliphatic heterocycles. The zero-order chi connectivity index (χ0) is 26.6. The van der Waals surface area contributed by atoms with E-state index >= 15 is 0 Å². The third kappa shape index (κ3) is 9.82. The molecule has 0 spiro atoms. The number of ether oxygens (including phenoxy) is 2. The summed E-state index contributed by atoms with van der Waals surface area (Å²) in [6, 6.07) is 32.2. The monoisotopic (exact) mass is 515 g/mol. The molecule has 0 fully saturated rings. The number of halogens is 2. The zero-order valence-corrected chi connectivity index (χ0v) is 21.9. The Bertz CT molecular complexity index is 975. The molecule has 3 rings (SSSR count). The predicted molar refractivity (Wildman–Crippen MR) is 138 cm³/mol. The van der Waals surface area contributed by atoms with E-state index in [9.17, 15) is 18.4 Å².